The van der Waals surface area contributed by atoms with Crippen LogP contribution in [0.3, 0.4) is 0 Å². The second kappa shape index (κ2) is 7.59. The van der Waals surface area contributed by atoms with Crippen molar-refractivity contribution in [3.63, 3.8) is 0 Å². The van der Waals surface area contributed by atoms with E-state index in [0.29, 0.717) is 24.6 Å². The molecule has 148 valence electrons. The summed E-state index contributed by atoms with van der Waals surface area (Å²) in [6.45, 7) is 3.48. The van der Waals surface area contributed by atoms with Crippen molar-refractivity contribution in [2.24, 2.45) is 0 Å². The predicted molar refractivity (Wildman–Crippen MR) is 117 cm³/mol. The van der Waals surface area contributed by atoms with Crippen molar-refractivity contribution in [2.75, 3.05) is 13.1 Å². The molecule has 0 unspecified atom stereocenters. The number of aromatic nitrogens is 3. The number of amides is 1. The summed E-state index contributed by atoms with van der Waals surface area (Å²) in [4.78, 5) is 19.3. The summed E-state index contributed by atoms with van der Waals surface area (Å²) < 4.78 is 1.79. The Kier molecular flexibility index (Phi) is 4.64. The monoisotopic (exact) mass is 394 g/mol. The molecule has 0 saturated carbocycles. The van der Waals surface area contributed by atoms with E-state index < -0.39 is 0 Å². The van der Waals surface area contributed by atoms with Gasteiger partial charge in [0, 0.05) is 43.2 Å². The summed E-state index contributed by atoms with van der Waals surface area (Å²) in [5, 5.41) is 4.78. The Bertz CT molecular complexity index is 1160. The van der Waals surface area contributed by atoms with Crippen LogP contribution in [0.5, 0.6) is 0 Å². The van der Waals surface area contributed by atoms with E-state index in [1.807, 2.05) is 77.8 Å². The van der Waals surface area contributed by atoms with Gasteiger partial charge in [-0.25, -0.2) is 4.68 Å². The molecule has 0 N–H and O–H groups in total. The van der Waals surface area contributed by atoms with E-state index in [9.17, 15) is 4.79 Å². The average Bonchev–Trinajstić information content (AvgIpc) is 3.20. The summed E-state index contributed by atoms with van der Waals surface area (Å²) >= 11 is 0. The number of pyridine rings is 1. The van der Waals surface area contributed by atoms with Gasteiger partial charge in [-0.3, -0.25) is 9.78 Å². The van der Waals surface area contributed by atoms with Gasteiger partial charge in [0.2, 0.25) is 0 Å². The molecule has 3 heterocycles. The van der Waals surface area contributed by atoms with Crippen LogP contribution in [0.25, 0.3) is 16.9 Å². The van der Waals surface area contributed by atoms with Crippen molar-refractivity contribution >= 4 is 5.91 Å². The highest BCUT2D eigenvalue weighted by Gasteiger charge is 2.34. The third-order valence-electron chi connectivity index (χ3n) is 5.64. The largest absolute Gasteiger partial charge is 0.337 e. The minimum Gasteiger partial charge on any atom is -0.337 e. The molecular formula is C25H22N4O. The van der Waals surface area contributed by atoms with Gasteiger partial charge >= 0.3 is 0 Å². The van der Waals surface area contributed by atoms with E-state index in [-0.39, 0.29) is 5.91 Å². The Morgan fingerprint density at radius 1 is 0.933 bits per heavy atom. The number of aryl methyl sites for hydroxylation is 1. The second-order valence-corrected chi connectivity index (χ2v) is 7.73. The van der Waals surface area contributed by atoms with E-state index >= 15 is 0 Å². The van der Waals surface area contributed by atoms with Crippen molar-refractivity contribution < 1.29 is 4.79 Å². The minimum absolute atomic E-state index is 0.0260. The first-order valence-electron chi connectivity index (χ1n) is 10.1. The molecule has 30 heavy (non-hydrogen) atoms. The van der Waals surface area contributed by atoms with E-state index in [4.69, 9.17) is 5.10 Å². The number of hydrogen-bond donors (Lipinski definition) is 0. The number of carbonyl (C=O) groups excluding carboxylic acids is 1. The fourth-order valence-electron chi connectivity index (χ4n) is 3.83. The zero-order valence-electron chi connectivity index (χ0n) is 16.8. The van der Waals surface area contributed by atoms with Crippen LogP contribution in [-0.4, -0.2) is 38.7 Å². The predicted octanol–water partition coefficient (Wildman–Crippen LogP) is 4.48. The van der Waals surface area contributed by atoms with Gasteiger partial charge < -0.3 is 4.90 Å². The number of likely N-dealkylation sites (tertiary alicyclic amines) is 1. The Morgan fingerprint density at radius 2 is 1.63 bits per heavy atom. The summed E-state index contributed by atoms with van der Waals surface area (Å²) in [6, 6.07) is 22.1. The van der Waals surface area contributed by atoms with Gasteiger partial charge in [0.05, 0.1) is 11.3 Å². The summed E-state index contributed by atoms with van der Waals surface area (Å²) in [5.74, 6) is 0.391. The maximum Gasteiger partial charge on any atom is 0.257 e. The van der Waals surface area contributed by atoms with Crippen molar-refractivity contribution in [2.45, 2.75) is 12.8 Å². The SMILES string of the molecule is Cc1ccc(-c2nn(-c3ccccc3)cc2C(=O)N2CC(c3ccncc3)C2)cc1. The van der Waals surface area contributed by atoms with Crippen LogP contribution in [0, 0.1) is 6.92 Å². The number of para-hydroxylation sites is 1. The molecule has 0 atom stereocenters. The molecule has 5 rings (SSSR count). The highest BCUT2D eigenvalue weighted by Crippen LogP contribution is 2.31. The standard InChI is InChI=1S/C25H22N4O/c1-18-7-9-20(10-8-18)24-23(17-29(27-24)22-5-3-2-4-6-22)25(30)28-15-21(16-28)19-11-13-26-14-12-19/h2-14,17,21H,15-16H2,1H3. The molecule has 4 aromatic rings. The van der Waals surface area contributed by atoms with Crippen molar-refractivity contribution in [1.82, 2.24) is 19.7 Å². The molecule has 0 radical (unpaired) electrons. The number of benzene rings is 2. The van der Waals surface area contributed by atoms with Crippen molar-refractivity contribution in [3.8, 4) is 16.9 Å². The van der Waals surface area contributed by atoms with Crippen LogP contribution in [-0.2, 0) is 0 Å². The fraction of sp³-hybridized carbons (Fsp3) is 0.160. The Morgan fingerprint density at radius 3 is 2.33 bits per heavy atom. The van der Waals surface area contributed by atoms with Crippen LogP contribution in [0.4, 0.5) is 0 Å². The van der Waals surface area contributed by atoms with Gasteiger partial charge in [-0.2, -0.15) is 5.10 Å². The van der Waals surface area contributed by atoms with Crippen molar-refractivity contribution in [1.29, 1.82) is 0 Å². The third kappa shape index (κ3) is 3.39. The van der Waals surface area contributed by atoms with E-state index in [0.717, 1.165) is 16.9 Å². The second-order valence-electron chi connectivity index (χ2n) is 7.73. The quantitative estimate of drug-likeness (QED) is 0.513. The molecule has 1 aliphatic rings. The van der Waals surface area contributed by atoms with Gasteiger partial charge in [0.15, 0.2) is 0 Å². The van der Waals surface area contributed by atoms with E-state index in [1.165, 1.54) is 11.1 Å². The Labute approximate surface area is 175 Å². The molecule has 1 amide bonds. The first-order chi connectivity index (χ1) is 14.7. The molecular weight excluding hydrogens is 372 g/mol. The molecule has 5 nitrogen and oxygen atoms in total. The van der Waals surface area contributed by atoms with Crippen LogP contribution in [0.2, 0.25) is 0 Å². The van der Waals surface area contributed by atoms with Crippen molar-refractivity contribution in [3.05, 3.63) is 102 Å². The van der Waals surface area contributed by atoms with Gasteiger partial charge in [0.1, 0.15) is 5.69 Å². The van der Waals surface area contributed by atoms with E-state index in [1.54, 1.807) is 17.1 Å². The molecule has 2 aromatic heterocycles. The Balaban J connectivity index is 1.47. The molecule has 1 aliphatic heterocycles. The third-order valence-corrected chi connectivity index (χ3v) is 5.64. The van der Waals surface area contributed by atoms with Gasteiger partial charge in [-0.1, -0.05) is 48.0 Å². The molecule has 0 spiro atoms. The topological polar surface area (TPSA) is 51.0 Å². The zero-order valence-corrected chi connectivity index (χ0v) is 16.8. The summed E-state index contributed by atoms with van der Waals surface area (Å²) in [6.07, 6.45) is 5.46. The lowest BCUT2D eigenvalue weighted by molar-refractivity contribution is 0.0603. The number of carbonyl (C=O) groups is 1. The molecule has 0 bridgehead atoms. The fourth-order valence-corrected chi connectivity index (χ4v) is 3.83. The maximum atomic E-state index is 13.4. The number of rotatable bonds is 4. The molecule has 0 aliphatic carbocycles. The molecule has 1 saturated heterocycles. The lowest BCUT2D eigenvalue weighted by Gasteiger charge is -2.39. The van der Waals surface area contributed by atoms with Gasteiger partial charge in [-0.05, 0) is 36.8 Å². The zero-order chi connectivity index (χ0) is 20.5. The molecule has 5 heteroatoms. The van der Waals surface area contributed by atoms with Gasteiger partial charge in [-0.15, -0.1) is 0 Å². The maximum absolute atomic E-state index is 13.4. The number of hydrogen-bond acceptors (Lipinski definition) is 3. The summed E-state index contributed by atoms with van der Waals surface area (Å²) in [7, 11) is 0. The van der Waals surface area contributed by atoms with Crippen LogP contribution < -0.4 is 0 Å². The first-order valence-corrected chi connectivity index (χ1v) is 10.1. The van der Waals surface area contributed by atoms with Gasteiger partial charge in [0.25, 0.3) is 5.91 Å². The molecule has 2 aromatic carbocycles. The lowest BCUT2D eigenvalue weighted by atomic mass is 9.91. The van der Waals surface area contributed by atoms with E-state index in [2.05, 4.69) is 11.9 Å². The highest BCUT2D eigenvalue weighted by molar-refractivity contribution is 6.00. The minimum atomic E-state index is 0.0260. The van der Waals surface area contributed by atoms with Crippen LogP contribution in [0.1, 0.15) is 27.4 Å². The molecule has 1 fully saturated rings. The van der Waals surface area contributed by atoms with Crippen LogP contribution >= 0.6 is 0 Å². The smallest absolute Gasteiger partial charge is 0.257 e. The van der Waals surface area contributed by atoms with Crippen LogP contribution in [0.15, 0.2) is 85.3 Å². The highest BCUT2D eigenvalue weighted by atomic mass is 16.2. The normalized spacial score (nSPS) is 13.8. The Hall–Kier alpha value is -3.73. The number of nitrogens with zero attached hydrogens (tertiary/aromatic N) is 4. The lowest BCUT2D eigenvalue weighted by Crippen LogP contribution is -2.48. The summed E-state index contributed by atoms with van der Waals surface area (Å²) in [5.41, 5.74) is 5.64. The first kappa shape index (κ1) is 18.3. The average molecular weight is 394 g/mol.